The van der Waals surface area contributed by atoms with E-state index in [0.717, 1.165) is 10.0 Å². The Balaban J connectivity index is 2.66. The van der Waals surface area contributed by atoms with E-state index in [0.29, 0.717) is 12.0 Å². The first kappa shape index (κ1) is 11.0. The molecule has 3 heteroatoms. The summed E-state index contributed by atoms with van der Waals surface area (Å²) in [6, 6.07) is 7.82. The predicted octanol–water partition coefficient (Wildman–Crippen LogP) is 3.02. The van der Waals surface area contributed by atoms with Gasteiger partial charge in [-0.05, 0) is 31.0 Å². The molecule has 1 aromatic carbocycles. The molecule has 0 saturated carbocycles. The van der Waals surface area contributed by atoms with Crippen LogP contribution in [0.5, 0.6) is 0 Å². The van der Waals surface area contributed by atoms with E-state index in [2.05, 4.69) is 15.9 Å². The Morgan fingerprint density at radius 1 is 1.43 bits per heavy atom. The first-order chi connectivity index (χ1) is 6.59. The zero-order valence-electron chi connectivity index (χ0n) is 7.83. The molecule has 0 heterocycles. The summed E-state index contributed by atoms with van der Waals surface area (Å²) >= 11 is 3.34. The number of hydrogen-bond acceptors (Lipinski definition) is 1. The number of carbonyl (C=O) groups is 1. The Bertz CT molecular complexity index is 352. The minimum Gasteiger partial charge on any atom is -0.478 e. The van der Waals surface area contributed by atoms with E-state index in [1.165, 1.54) is 0 Å². The Labute approximate surface area is 91.4 Å². The van der Waals surface area contributed by atoms with Crippen molar-refractivity contribution in [3.63, 3.8) is 0 Å². The number of benzene rings is 1. The third kappa shape index (κ3) is 3.34. The molecule has 0 saturated heterocycles. The molecule has 0 aliphatic carbocycles. The van der Waals surface area contributed by atoms with Crippen LogP contribution < -0.4 is 0 Å². The number of hydrogen-bond donors (Lipinski definition) is 1. The van der Waals surface area contributed by atoms with Crippen molar-refractivity contribution in [2.75, 3.05) is 0 Å². The van der Waals surface area contributed by atoms with E-state index in [1.807, 2.05) is 24.3 Å². The Morgan fingerprint density at radius 3 is 2.50 bits per heavy atom. The fourth-order valence-electron chi connectivity index (χ4n) is 0.979. The van der Waals surface area contributed by atoms with Crippen LogP contribution in [0.25, 0.3) is 0 Å². The monoisotopic (exact) mass is 254 g/mol. The van der Waals surface area contributed by atoms with Gasteiger partial charge in [0.15, 0.2) is 0 Å². The fourth-order valence-corrected chi connectivity index (χ4v) is 1.24. The molecule has 0 aromatic heterocycles. The lowest BCUT2D eigenvalue weighted by atomic mass is 10.1. The predicted molar refractivity (Wildman–Crippen MR) is 59.2 cm³/mol. The first-order valence-corrected chi connectivity index (χ1v) is 5.03. The van der Waals surface area contributed by atoms with Crippen molar-refractivity contribution in [3.05, 3.63) is 46.0 Å². The molecular formula is C11H11BrO2. The molecule has 0 aliphatic rings. The van der Waals surface area contributed by atoms with Crippen LogP contribution in [0.4, 0.5) is 0 Å². The number of aliphatic carboxylic acids is 1. The highest BCUT2D eigenvalue weighted by molar-refractivity contribution is 9.10. The van der Waals surface area contributed by atoms with E-state index >= 15 is 0 Å². The summed E-state index contributed by atoms with van der Waals surface area (Å²) in [5, 5.41) is 8.63. The highest BCUT2D eigenvalue weighted by Gasteiger charge is 1.98. The van der Waals surface area contributed by atoms with Gasteiger partial charge in [-0.1, -0.05) is 34.1 Å². The van der Waals surface area contributed by atoms with Gasteiger partial charge in [0.05, 0.1) is 0 Å². The summed E-state index contributed by atoms with van der Waals surface area (Å²) in [5.41, 5.74) is 1.49. The maximum Gasteiger partial charge on any atom is 0.330 e. The second-order valence-corrected chi connectivity index (χ2v) is 3.94. The molecule has 2 nitrogen and oxygen atoms in total. The standard InChI is InChI=1S/C11H11BrO2/c1-8(11(13)14)2-3-9-4-6-10(12)7-5-9/h2,4-7H,3H2,1H3,(H,13,14)/b8-2+. The van der Waals surface area contributed by atoms with E-state index in [9.17, 15) is 4.79 Å². The molecule has 0 atom stereocenters. The summed E-state index contributed by atoms with van der Waals surface area (Å²) in [6.07, 6.45) is 2.37. The topological polar surface area (TPSA) is 37.3 Å². The summed E-state index contributed by atoms with van der Waals surface area (Å²) in [6.45, 7) is 1.60. The van der Waals surface area contributed by atoms with E-state index in [4.69, 9.17) is 5.11 Å². The van der Waals surface area contributed by atoms with Crippen LogP contribution in [0, 0.1) is 0 Å². The summed E-state index contributed by atoms with van der Waals surface area (Å²) in [7, 11) is 0. The van der Waals surface area contributed by atoms with Crippen molar-refractivity contribution in [2.24, 2.45) is 0 Å². The quantitative estimate of drug-likeness (QED) is 0.843. The number of halogens is 1. The summed E-state index contributed by atoms with van der Waals surface area (Å²) < 4.78 is 1.03. The zero-order chi connectivity index (χ0) is 10.6. The Morgan fingerprint density at radius 2 is 2.00 bits per heavy atom. The summed E-state index contributed by atoms with van der Waals surface area (Å²) in [4.78, 5) is 10.5. The van der Waals surface area contributed by atoms with Gasteiger partial charge in [-0.2, -0.15) is 0 Å². The minimum absolute atomic E-state index is 0.382. The van der Waals surface area contributed by atoms with Crippen LogP contribution in [0.1, 0.15) is 12.5 Å². The van der Waals surface area contributed by atoms with Gasteiger partial charge in [-0.25, -0.2) is 4.79 Å². The average Bonchev–Trinajstić information content (AvgIpc) is 2.16. The second-order valence-electron chi connectivity index (χ2n) is 3.02. The molecule has 14 heavy (non-hydrogen) atoms. The molecule has 0 spiro atoms. The molecule has 0 aliphatic heterocycles. The van der Waals surface area contributed by atoms with Gasteiger partial charge in [-0.15, -0.1) is 0 Å². The van der Waals surface area contributed by atoms with E-state index < -0.39 is 5.97 Å². The smallest absolute Gasteiger partial charge is 0.330 e. The van der Waals surface area contributed by atoms with Crippen molar-refractivity contribution in [1.29, 1.82) is 0 Å². The van der Waals surface area contributed by atoms with Crippen molar-refractivity contribution >= 4 is 21.9 Å². The normalized spacial score (nSPS) is 11.4. The van der Waals surface area contributed by atoms with Gasteiger partial charge in [-0.3, -0.25) is 0 Å². The number of allylic oxidation sites excluding steroid dienone is 1. The van der Waals surface area contributed by atoms with Crippen molar-refractivity contribution in [1.82, 2.24) is 0 Å². The lowest BCUT2D eigenvalue weighted by molar-refractivity contribution is -0.132. The van der Waals surface area contributed by atoms with Crippen LogP contribution in [0.2, 0.25) is 0 Å². The van der Waals surface area contributed by atoms with Crippen LogP contribution >= 0.6 is 15.9 Å². The molecule has 0 fully saturated rings. The third-order valence-electron chi connectivity index (χ3n) is 1.89. The molecule has 1 N–H and O–H groups in total. The maximum absolute atomic E-state index is 10.5. The Kier molecular flexibility index (Phi) is 3.89. The van der Waals surface area contributed by atoms with E-state index in [1.54, 1.807) is 13.0 Å². The molecule has 1 rings (SSSR count). The van der Waals surface area contributed by atoms with Gasteiger partial charge >= 0.3 is 5.97 Å². The first-order valence-electron chi connectivity index (χ1n) is 4.24. The van der Waals surface area contributed by atoms with Crippen molar-refractivity contribution in [3.8, 4) is 0 Å². The molecule has 0 unspecified atom stereocenters. The SMILES string of the molecule is C/C(=C\Cc1ccc(Br)cc1)C(=O)O. The minimum atomic E-state index is -0.859. The number of rotatable bonds is 3. The van der Waals surface area contributed by atoms with Crippen LogP contribution in [0.3, 0.4) is 0 Å². The number of carboxylic acids is 1. The number of carboxylic acid groups (broad SMARTS) is 1. The molecule has 0 amide bonds. The third-order valence-corrected chi connectivity index (χ3v) is 2.42. The van der Waals surface area contributed by atoms with Crippen molar-refractivity contribution in [2.45, 2.75) is 13.3 Å². The maximum atomic E-state index is 10.5. The average molecular weight is 255 g/mol. The largest absolute Gasteiger partial charge is 0.478 e. The van der Waals surface area contributed by atoms with Gasteiger partial charge in [0, 0.05) is 10.0 Å². The Hall–Kier alpha value is -1.09. The van der Waals surface area contributed by atoms with Crippen LogP contribution in [0.15, 0.2) is 40.4 Å². The van der Waals surface area contributed by atoms with Gasteiger partial charge in [0.2, 0.25) is 0 Å². The highest BCUT2D eigenvalue weighted by atomic mass is 79.9. The van der Waals surface area contributed by atoms with Crippen molar-refractivity contribution < 1.29 is 9.90 Å². The van der Waals surface area contributed by atoms with Crippen LogP contribution in [-0.4, -0.2) is 11.1 Å². The van der Waals surface area contributed by atoms with Gasteiger partial charge in [0.25, 0.3) is 0 Å². The zero-order valence-corrected chi connectivity index (χ0v) is 9.41. The summed E-state index contributed by atoms with van der Waals surface area (Å²) in [5.74, 6) is -0.859. The second kappa shape index (κ2) is 4.96. The van der Waals surface area contributed by atoms with E-state index in [-0.39, 0.29) is 0 Å². The molecule has 1 aromatic rings. The van der Waals surface area contributed by atoms with Gasteiger partial charge in [0.1, 0.15) is 0 Å². The lowest BCUT2D eigenvalue weighted by Crippen LogP contribution is -1.96. The highest BCUT2D eigenvalue weighted by Crippen LogP contribution is 2.11. The molecular weight excluding hydrogens is 244 g/mol. The lowest BCUT2D eigenvalue weighted by Gasteiger charge is -1.97. The van der Waals surface area contributed by atoms with Crippen LogP contribution in [-0.2, 0) is 11.2 Å². The fraction of sp³-hybridized carbons (Fsp3) is 0.182. The molecule has 0 radical (unpaired) electrons. The molecule has 0 bridgehead atoms. The van der Waals surface area contributed by atoms with Gasteiger partial charge < -0.3 is 5.11 Å². The molecule has 74 valence electrons.